The van der Waals surface area contributed by atoms with E-state index in [9.17, 15) is 9.59 Å². The molecule has 0 bridgehead atoms. The van der Waals surface area contributed by atoms with E-state index >= 15 is 0 Å². The smallest absolute Gasteiger partial charge is 0.256 e. The van der Waals surface area contributed by atoms with E-state index in [1.165, 1.54) is 5.56 Å². The van der Waals surface area contributed by atoms with Crippen molar-refractivity contribution in [1.29, 1.82) is 0 Å². The number of nitrogens with zero attached hydrogens (tertiary/aromatic N) is 4. The molecule has 1 N–H and O–H groups in total. The van der Waals surface area contributed by atoms with Gasteiger partial charge < -0.3 is 19.5 Å². The average Bonchev–Trinajstić information content (AvgIpc) is 3.41. The second-order valence-electron chi connectivity index (χ2n) is 8.27. The largest absolute Gasteiger partial charge is 0.383 e. The van der Waals surface area contributed by atoms with E-state index < -0.39 is 0 Å². The summed E-state index contributed by atoms with van der Waals surface area (Å²) in [5.41, 5.74) is 3.66. The van der Waals surface area contributed by atoms with Gasteiger partial charge in [0.1, 0.15) is 12.2 Å². The maximum absolute atomic E-state index is 13.1. The van der Waals surface area contributed by atoms with Crippen LogP contribution in [0.25, 0.3) is 0 Å². The lowest BCUT2D eigenvalue weighted by atomic mass is 9.91. The molecule has 1 aromatic heterocycles. The maximum Gasteiger partial charge on any atom is 0.256 e. The summed E-state index contributed by atoms with van der Waals surface area (Å²) in [4.78, 5) is 27.7. The van der Waals surface area contributed by atoms with Crippen LogP contribution < -0.4 is 5.32 Å². The highest BCUT2D eigenvalue weighted by Crippen LogP contribution is 2.30. The summed E-state index contributed by atoms with van der Waals surface area (Å²) in [6.45, 7) is 2.30. The summed E-state index contributed by atoms with van der Waals surface area (Å²) in [6, 6.07) is 13.4. The molecule has 8 heteroatoms. The van der Waals surface area contributed by atoms with Gasteiger partial charge in [-0.2, -0.15) is 0 Å². The highest BCUT2D eigenvalue weighted by Gasteiger charge is 2.31. The lowest BCUT2D eigenvalue weighted by molar-refractivity contribution is 0.0716. The second kappa shape index (κ2) is 8.55. The molecule has 8 nitrogen and oxygen atoms in total. The Morgan fingerprint density at radius 2 is 2.12 bits per heavy atom. The first-order valence-electron chi connectivity index (χ1n) is 10.8. The monoisotopic (exact) mass is 431 g/mol. The number of benzene rings is 2. The molecule has 0 aliphatic carbocycles. The summed E-state index contributed by atoms with van der Waals surface area (Å²) >= 11 is 0. The maximum atomic E-state index is 13.1. The molecule has 1 atom stereocenters. The molecule has 5 rings (SSSR count). The molecule has 0 spiro atoms. The fourth-order valence-corrected chi connectivity index (χ4v) is 4.59. The highest BCUT2D eigenvalue weighted by molar-refractivity contribution is 6.13. The van der Waals surface area contributed by atoms with Crippen molar-refractivity contribution in [3.63, 3.8) is 0 Å². The molecular formula is C24H25N5O3. The standard InChI is InChI=1S/C24H25N5O3/c1-32-11-10-28-14-18-5-3-7-20(22(18)24(28)31)23(30)26-19-6-2-4-16(12-19)17-8-9-21-27-25-15-29(21)13-17/h2-7,12,15,17H,8-11,13-14H2,1H3,(H,26,30)/t17-/m0/s1. The van der Waals surface area contributed by atoms with Crippen LogP contribution in [0.5, 0.6) is 0 Å². The van der Waals surface area contributed by atoms with Crippen molar-refractivity contribution in [2.75, 3.05) is 25.6 Å². The van der Waals surface area contributed by atoms with E-state index in [4.69, 9.17) is 4.74 Å². The summed E-state index contributed by atoms with van der Waals surface area (Å²) in [5, 5.41) is 11.1. The quantitative estimate of drug-likeness (QED) is 0.648. The number of aromatic nitrogens is 3. The Kier molecular flexibility index (Phi) is 5.45. The van der Waals surface area contributed by atoms with Crippen LogP contribution in [-0.2, 0) is 24.2 Å². The summed E-state index contributed by atoms with van der Waals surface area (Å²) < 4.78 is 7.19. The molecule has 32 heavy (non-hydrogen) atoms. The number of amides is 2. The Morgan fingerprint density at radius 1 is 1.25 bits per heavy atom. The van der Waals surface area contributed by atoms with Crippen molar-refractivity contribution in [2.45, 2.75) is 31.8 Å². The van der Waals surface area contributed by atoms with Crippen molar-refractivity contribution in [3.8, 4) is 0 Å². The van der Waals surface area contributed by atoms with Crippen LogP contribution >= 0.6 is 0 Å². The van der Waals surface area contributed by atoms with Crippen LogP contribution in [-0.4, -0.2) is 51.7 Å². The van der Waals surface area contributed by atoms with Crippen LogP contribution in [0.3, 0.4) is 0 Å². The SMILES string of the molecule is COCCN1Cc2cccc(C(=O)Nc3cccc([C@H]4CCc5nncn5C4)c3)c2C1=O. The Bertz CT molecular complexity index is 1170. The minimum absolute atomic E-state index is 0.122. The molecule has 3 aromatic rings. The van der Waals surface area contributed by atoms with Crippen LogP contribution in [0.4, 0.5) is 5.69 Å². The van der Waals surface area contributed by atoms with Crippen molar-refractivity contribution < 1.29 is 14.3 Å². The zero-order valence-electron chi connectivity index (χ0n) is 18.0. The second-order valence-corrected chi connectivity index (χ2v) is 8.27. The van der Waals surface area contributed by atoms with E-state index in [1.54, 1.807) is 24.4 Å². The summed E-state index contributed by atoms with van der Waals surface area (Å²) in [6.07, 6.45) is 3.66. The van der Waals surface area contributed by atoms with Gasteiger partial charge in [-0.1, -0.05) is 24.3 Å². The van der Waals surface area contributed by atoms with Crippen LogP contribution in [0, 0.1) is 0 Å². The molecule has 0 fully saturated rings. The highest BCUT2D eigenvalue weighted by atomic mass is 16.5. The molecule has 2 amide bonds. The number of fused-ring (bicyclic) bond motifs is 2. The molecule has 0 saturated carbocycles. The third kappa shape index (κ3) is 3.78. The molecule has 0 radical (unpaired) electrons. The number of anilines is 1. The molecule has 2 aliphatic rings. The predicted octanol–water partition coefficient (Wildman–Crippen LogP) is 2.86. The van der Waals surface area contributed by atoms with Gasteiger partial charge in [0.2, 0.25) is 0 Å². The van der Waals surface area contributed by atoms with Crippen LogP contribution in [0.1, 0.15) is 50.0 Å². The third-order valence-corrected chi connectivity index (χ3v) is 6.27. The Morgan fingerprint density at radius 3 is 3.00 bits per heavy atom. The minimum Gasteiger partial charge on any atom is -0.383 e. The number of nitrogens with one attached hydrogen (secondary N) is 1. The minimum atomic E-state index is -0.273. The fraction of sp³-hybridized carbons (Fsp3) is 0.333. The number of hydrogen-bond acceptors (Lipinski definition) is 5. The summed E-state index contributed by atoms with van der Waals surface area (Å²) in [7, 11) is 1.61. The molecular weight excluding hydrogens is 406 g/mol. The number of methoxy groups -OCH3 is 1. The topological polar surface area (TPSA) is 89.3 Å². The number of rotatable bonds is 6. The fourth-order valence-electron chi connectivity index (χ4n) is 4.59. The van der Waals surface area contributed by atoms with Crippen LogP contribution in [0.15, 0.2) is 48.8 Å². The first kappa shape index (κ1) is 20.4. The molecule has 0 unspecified atom stereocenters. The Labute approximate surface area is 186 Å². The van der Waals surface area contributed by atoms with Gasteiger partial charge in [0.05, 0.1) is 17.7 Å². The Hall–Kier alpha value is -3.52. The number of carbonyl (C=O) groups excluding carboxylic acids is 2. The van der Waals surface area contributed by atoms with Crippen molar-refractivity contribution in [3.05, 3.63) is 76.9 Å². The van der Waals surface area contributed by atoms with Gasteiger partial charge in [0.15, 0.2) is 0 Å². The van der Waals surface area contributed by atoms with Crippen molar-refractivity contribution in [1.82, 2.24) is 19.7 Å². The van der Waals surface area contributed by atoms with Gasteiger partial charge >= 0.3 is 0 Å². The first-order valence-corrected chi connectivity index (χ1v) is 10.8. The van der Waals surface area contributed by atoms with Gasteiger partial charge in [-0.05, 0) is 35.7 Å². The van der Waals surface area contributed by atoms with Crippen molar-refractivity contribution in [2.24, 2.45) is 0 Å². The Balaban J connectivity index is 1.34. The third-order valence-electron chi connectivity index (χ3n) is 6.27. The van der Waals surface area contributed by atoms with Gasteiger partial charge in [-0.3, -0.25) is 9.59 Å². The van der Waals surface area contributed by atoms with E-state index in [0.717, 1.165) is 36.5 Å². The average molecular weight is 431 g/mol. The molecule has 0 saturated heterocycles. The van der Waals surface area contributed by atoms with E-state index in [1.807, 2.05) is 30.3 Å². The zero-order valence-corrected chi connectivity index (χ0v) is 18.0. The first-order chi connectivity index (χ1) is 15.6. The van der Waals surface area contributed by atoms with Crippen molar-refractivity contribution >= 4 is 17.5 Å². The van der Waals surface area contributed by atoms with Gasteiger partial charge in [0.25, 0.3) is 11.8 Å². The zero-order chi connectivity index (χ0) is 22.1. The molecule has 164 valence electrons. The van der Waals surface area contributed by atoms with E-state index in [2.05, 4.69) is 26.1 Å². The lowest BCUT2D eigenvalue weighted by Crippen LogP contribution is -2.28. The van der Waals surface area contributed by atoms with E-state index in [-0.39, 0.29) is 11.8 Å². The molecule has 3 heterocycles. The number of carbonyl (C=O) groups is 2. The van der Waals surface area contributed by atoms with E-state index in [0.29, 0.717) is 36.7 Å². The number of hydrogen-bond donors (Lipinski definition) is 1. The summed E-state index contributed by atoms with van der Waals surface area (Å²) in [5.74, 6) is 0.967. The number of aryl methyl sites for hydroxylation is 1. The van der Waals surface area contributed by atoms with Gasteiger partial charge in [0, 0.05) is 44.8 Å². The van der Waals surface area contributed by atoms with Crippen LogP contribution in [0.2, 0.25) is 0 Å². The van der Waals surface area contributed by atoms with Gasteiger partial charge in [-0.25, -0.2) is 0 Å². The lowest BCUT2D eigenvalue weighted by Gasteiger charge is -2.23. The molecule has 2 aliphatic heterocycles. The number of ether oxygens (including phenoxy) is 1. The molecule has 2 aromatic carbocycles. The normalized spacial score (nSPS) is 17.2. The van der Waals surface area contributed by atoms with Gasteiger partial charge in [-0.15, -0.1) is 10.2 Å². The predicted molar refractivity (Wildman–Crippen MR) is 119 cm³/mol.